The van der Waals surface area contributed by atoms with Gasteiger partial charge in [-0.25, -0.2) is 23.3 Å². The van der Waals surface area contributed by atoms with Crippen LogP contribution in [0.1, 0.15) is 29.4 Å². The van der Waals surface area contributed by atoms with Crippen molar-refractivity contribution in [2.75, 3.05) is 25.6 Å². The first-order valence-corrected chi connectivity index (χ1v) is 19.1. The van der Waals surface area contributed by atoms with E-state index in [4.69, 9.17) is 40.6 Å². The van der Waals surface area contributed by atoms with Crippen molar-refractivity contribution in [1.82, 2.24) is 34.5 Å². The Morgan fingerprint density at radius 3 is 2.67 bits per heavy atom. The number of Topliss-reactive ketones (excluding diaryl/α,β-unsaturated/α-hetero) is 1. The van der Waals surface area contributed by atoms with E-state index in [0.29, 0.717) is 0 Å². The van der Waals surface area contributed by atoms with E-state index in [2.05, 4.69) is 42.5 Å². The summed E-state index contributed by atoms with van der Waals surface area (Å²) in [6.07, 6.45) is -11.3. The lowest BCUT2D eigenvalue weighted by Crippen LogP contribution is -2.33. The van der Waals surface area contributed by atoms with E-state index in [1.807, 2.05) is 0 Å². The van der Waals surface area contributed by atoms with Crippen molar-refractivity contribution >= 4 is 72.3 Å². The number of anilines is 1. The number of fused-ring (bicyclic) bond motifs is 2. The number of aliphatic imine (C=N–C) groups is 1. The maximum absolute atomic E-state index is 15.8. The van der Waals surface area contributed by atoms with E-state index in [9.17, 15) is 24.2 Å². The molecule has 25 heteroatoms. The number of ether oxygens (including phenoxy) is 2. The van der Waals surface area contributed by atoms with Crippen molar-refractivity contribution in [3.8, 4) is 0 Å². The third kappa shape index (κ3) is 6.46. The van der Waals surface area contributed by atoms with Crippen molar-refractivity contribution < 1.29 is 51.2 Å². The monoisotopic (exact) mass is 727 g/mol. The second kappa shape index (κ2) is 12.5. The minimum Gasteiger partial charge on any atom is -0.387 e. The van der Waals surface area contributed by atoms with Crippen molar-refractivity contribution in [3.63, 3.8) is 0 Å². The zero-order valence-electron chi connectivity index (χ0n) is 23.3. The number of hydrogen-bond acceptors (Lipinski definition) is 16. The molecule has 19 nitrogen and oxygen atoms in total. The van der Waals surface area contributed by atoms with Gasteiger partial charge in [0.2, 0.25) is 5.95 Å². The molecule has 3 aromatic heterocycles. The van der Waals surface area contributed by atoms with Gasteiger partial charge in [-0.15, -0.1) is 5.10 Å². The van der Waals surface area contributed by atoms with Crippen molar-refractivity contribution in [2.45, 2.75) is 55.6 Å². The summed E-state index contributed by atoms with van der Waals surface area (Å²) in [5.74, 6) is -0.613. The third-order valence-electron chi connectivity index (χ3n) is 7.08. The van der Waals surface area contributed by atoms with Gasteiger partial charge in [-0.1, -0.05) is 17.5 Å². The second-order valence-electron chi connectivity index (χ2n) is 10.4. The molecule has 46 heavy (non-hydrogen) atoms. The molecule has 2 saturated heterocycles. The highest BCUT2D eigenvalue weighted by molar-refractivity contribution is 8.44. The molecule has 10 atom stereocenters. The van der Waals surface area contributed by atoms with Crippen LogP contribution in [0.25, 0.3) is 11.2 Å². The minimum absolute atomic E-state index is 0.0134. The molecule has 0 radical (unpaired) electrons. The van der Waals surface area contributed by atoms with Gasteiger partial charge in [0, 0.05) is 19.3 Å². The number of halogens is 2. The Morgan fingerprint density at radius 2 is 1.93 bits per heavy atom. The van der Waals surface area contributed by atoms with E-state index < -0.39 is 81.3 Å². The molecule has 3 aliphatic rings. The van der Waals surface area contributed by atoms with Crippen molar-refractivity contribution in [2.24, 2.45) is 4.99 Å². The first kappa shape index (κ1) is 33.3. The SMILES string of the molecule is CP(O)(=S)OC[C@H]1O[C@@H](n2nnc3c(=O)[nH]c(N)nc32)[C@H](OP(=O)(S)OC[C@H]2O[C@@H](n3cnc4c3N=CCC4=O)[C@@H](F)[C@@H]2O)[C@H]1F. The zero-order valence-corrected chi connectivity index (χ0v) is 26.8. The summed E-state index contributed by atoms with van der Waals surface area (Å²) in [7, 11) is 0. The molecule has 3 aromatic rings. The van der Waals surface area contributed by atoms with Crippen LogP contribution < -0.4 is 11.3 Å². The summed E-state index contributed by atoms with van der Waals surface area (Å²) >= 11 is 8.76. The number of carbonyl (C=O) groups is 1. The number of aliphatic hydroxyl groups excluding tert-OH is 1. The van der Waals surface area contributed by atoms with Crippen LogP contribution in [-0.2, 0) is 39.4 Å². The van der Waals surface area contributed by atoms with Crippen molar-refractivity contribution in [1.29, 1.82) is 0 Å². The average molecular weight is 728 g/mol. The number of nitrogen functional groups attached to an aromatic ring is 1. The van der Waals surface area contributed by atoms with Crippen LogP contribution in [-0.4, -0.2) is 113 Å². The number of nitrogens with two attached hydrogens (primary N) is 1. The fraction of sp³-hybridized carbons (Fsp3) is 0.571. The third-order valence-corrected chi connectivity index (χ3v) is 9.64. The second-order valence-corrected chi connectivity index (χ2v) is 17.1. The summed E-state index contributed by atoms with van der Waals surface area (Å²) in [6, 6.07) is 0. The molecule has 2 fully saturated rings. The maximum atomic E-state index is 15.8. The molecular formula is C21H25F2N9O10P2S2. The smallest absolute Gasteiger partial charge is 0.386 e. The van der Waals surface area contributed by atoms with Crippen LogP contribution in [0, 0.1) is 0 Å². The lowest BCUT2D eigenvalue weighted by molar-refractivity contribution is -0.0558. The van der Waals surface area contributed by atoms with E-state index in [-0.39, 0.29) is 40.8 Å². The first-order chi connectivity index (χ1) is 21.6. The van der Waals surface area contributed by atoms with Crippen LogP contribution in [0.3, 0.4) is 0 Å². The number of H-pyrrole nitrogens is 1. The molecule has 0 bridgehead atoms. The predicted molar refractivity (Wildman–Crippen MR) is 159 cm³/mol. The Balaban J connectivity index is 1.20. The summed E-state index contributed by atoms with van der Waals surface area (Å²) in [6.45, 7) is -7.92. The quantitative estimate of drug-likeness (QED) is 0.141. The molecule has 6 heterocycles. The Bertz CT molecular complexity index is 1860. The number of ketones is 1. The van der Waals surface area contributed by atoms with Crippen molar-refractivity contribution in [3.05, 3.63) is 22.4 Å². The number of imidazole rings is 1. The summed E-state index contributed by atoms with van der Waals surface area (Å²) in [4.78, 5) is 48.4. The summed E-state index contributed by atoms with van der Waals surface area (Å²) < 4.78 is 73.6. The fourth-order valence-corrected chi connectivity index (χ4v) is 7.03. The topological polar surface area (TPSA) is 253 Å². The van der Waals surface area contributed by atoms with E-state index in [1.165, 1.54) is 12.9 Å². The molecule has 6 rings (SSSR count). The van der Waals surface area contributed by atoms with Crippen LogP contribution in [0.2, 0.25) is 0 Å². The molecular weight excluding hydrogens is 702 g/mol. The summed E-state index contributed by atoms with van der Waals surface area (Å²) in [5, 5.41) is 18.0. The maximum Gasteiger partial charge on any atom is 0.386 e. The largest absolute Gasteiger partial charge is 0.387 e. The normalized spacial score (nSPS) is 32.1. The highest BCUT2D eigenvalue weighted by Gasteiger charge is 2.52. The standard InChI is InChI=1S/C21H25F2N9O10P2S2/c1-43(36,45)38-4-8-10(22)15(20(40-8)32-17-13(29-30-32)18(35)28-21(24)27-17)42-44(37,46)39-5-9-14(34)11(23)19(41-9)31-6-26-12-7(33)2-3-25-16(12)31/h3,6,8-11,14-15,19-20,34H,2,4-5H2,1H3,(H,36,45)(H,37,46)(H3,24,27,28,35)/t8-,9-,10+,11+,14-,15-,19-,20-,43?,44?/m1/s1. The molecule has 2 unspecified atom stereocenters. The number of aliphatic hydroxyl groups is 1. The van der Waals surface area contributed by atoms with Gasteiger partial charge >= 0.3 is 6.80 Å². The lowest BCUT2D eigenvalue weighted by Gasteiger charge is -2.24. The number of thiol groups is 1. The number of carbonyl (C=O) groups excluding carboxylic acids is 1. The average Bonchev–Trinajstić information content (AvgIpc) is 3.73. The van der Waals surface area contributed by atoms with Gasteiger partial charge in [-0.2, -0.15) is 9.67 Å². The van der Waals surface area contributed by atoms with Gasteiger partial charge in [0.25, 0.3) is 5.56 Å². The minimum atomic E-state index is -4.59. The molecule has 0 spiro atoms. The van der Waals surface area contributed by atoms with E-state index in [1.54, 1.807) is 0 Å². The molecule has 0 aliphatic carbocycles. The predicted octanol–water partition coefficient (Wildman–Crippen LogP) is 0.502. The number of hydrogen-bond donors (Lipinski definition) is 5. The number of aromatic amines is 1. The fourth-order valence-electron chi connectivity index (χ4n) is 4.97. The number of aromatic nitrogens is 7. The van der Waals surface area contributed by atoms with Gasteiger partial charge < -0.3 is 29.7 Å². The Morgan fingerprint density at radius 1 is 1.22 bits per heavy atom. The highest BCUT2D eigenvalue weighted by Crippen LogP contribution is 2.57. The van der Waals surface area contributed by atoms with Crippen LogP contribution in [0.15, 0.2) is 16.1 Å². The van der Waals surface area contributed by atoms with E-state index >= 15 is 8.78 Å². The van der Waals surface area contributed by atoms with Crippen LogP contribution >= 0.6 is 25.5 Å². The number of rotatable bonds is 10. The Hall–Kier alpha value is -2.56. The van der Waals surface area contributed by atoms with Gasteiger partial charge in [0.1, 0.15) is 24.4 Å². The zero-order chi connectivity index (χ0) is 33.1. The molecule has 0 aromatic carbocycles. The first-order valence-electron chi connectivity index (χ1n) is 13.2. The Labute approximate surface area is 266 Å². The highest BCUT2D eigenvalue weighted by atomic mass is 32.7. The molecule has 0 saturated carbocycles. The molecule has 5 N–H and O–H groups in total. The number of nitrogens with zero attached hydrogens (tertiary/aromatic N) is 7. The van der Waals surface area contributed by atoms with Gasteiger partial charge in [-0.05, 0) is 11.8 Å². The Kier molecular flexibility index (Phi) is 9.04. The number of nitrogens with one attached hydrogen (secondary N) is 1. The molecule has 250 valence electrons. The van der Waals surface area contributed by atoms with Gasteiger partial charge in [0.15, 0.2) is 59.7 Å². The van der Waals surface area contributed by atoms with Gasteiger partial charge in [0.05, 0.1) is 19.5 Å². The van der Waals surface area contributed by atoms with Gasteiger partial charge in [-0.3, -0.25) is 28.2 Å². The number of alkyl halides is 2. The molecule has 0 amide bonds. The van der Waals surface area contributed by atoms with Crippen LogP contribution in [0.4, 0.5) is 20.5 Å². The lowest BCUT2D eigenvalue weighted by atomic mass is 10.1. The van der Waals surface area contributed by atoms with Crippen LogP contribution in [0.5, 0.6) is 0 Å². The molecule has 3 aliphatic heterocycles. The summed E-state index contributed by atoms with van der Waals surface area (Å²) in [5.41, 5.74) is 4.37. The van der Waals surface area contributed by atoms with E-state index in [0.717, 1.165) is 15.6 Å².